The zero-order valence-corrected chi connectivity index (χ0v) is 10.7. The molecule has 1 N–H and O–H groups in total. The normalized spacial score (nSPS) is 19.0. The van der Waals surface area contributed by atoms with Gasteiger partial charge in [0, 0.05) is 0 Å². The number of nitrogens with zero attached hydrogens (tertiary/aromatic N) is 1. The number of carbonyl (C=O) groups is 1. The van der Waals surface area contributed by atoms with E-state index in [0.717, 1.165) is 6.54 Å². The van der Waals surface area contributed by atoms with Crippen molar-refractivity contribution in [3.8, 4) is 0 Å². The molecule has 4 heteroatoms. The van der Waals surface area contributed by atoms with E-state index in [1.165, 1.54) is 25.9 Å². The average Bonchev–Trinajstić information content (AvgIpc) is 2.20. The number of nitrogens with one attached hydrogen (secondary N) is 1. The van der Waals surface area contributed by atoms with Crippen LogP contribution in [0.15, 0.2) is 0 Å². The van der Waals surface area contributed by atoms with Crippen molar-refractivity contribution in [2.75, 3.05) is 33.2 Å². The summed E-state index contributed by atoms with van der Waals surface area (Å²) in [6.07, 6.45) is 2.43. The SMILES string of the molecule is CC(C)OC(=O)CNCC1CCN(C)CC1. The molecule has 0 atom stereocenters. The van der Waals surface area contributed by atoms with Crippen molar-refractivity contribution in [2.45, 2.75) is 32.8 Å². The lowest BCUT2D eigenvalue weighted by Gasteiger charge is -2.28. The van der Waals surface area contributed by atoms with Gasteiger partial charge in [0.05, 0.1) is 12.6 Å². The van der Waals surface area contributed by atoms with Gasteiger partial charge >= 0.3 is 5.97 Å². The lowest BCUT2D eigenvalue weighted by molar-refractivity contribution is -0.146. The Morgan fingerprint density at radius 2 is 2.06 bits per heavy atom. The largest absolute Gasteiger partial charge is 0.462 e. The van der Waals surface area contributed by atoms with Crippen LogP contribution in [0, 0.1) is 5.92 Å². The minimum Gasteiger partial charge on any atom is -0.462 e. The molecule has 0 bridgehead atoms. The highest BCUT2D eigenvalue weighted by Crippen LogP contribution is 2.14. The van der Waals surface area contributed by atoms with Gasteiger partial charge in [-0.3, -0.25) is 4.79 Å². The topological polar surface area (TPSA) is 41.6 Å². The maximum atomic E-state index is 11.3. The van der Waals surface area contributed by atoms with Crippen LogP contribution in [0.4, 0.5) is 0 Å². The fraction of sp³-hybridized carbons (Fsp3) is 0.917. The molecule has 4 nitrogen and oxygen atoms in total. The number of likely N-dealkylation sites (tertiary alicyclic amines) is 1. The Morgan fingerprint density at radius 1 is 1.44 bits per heavy atom. The van der Waals surface area contributed by atoms with Crippen molar-refractivity contribution in [3.05, 3.63) is 0 Å². The highest BCUT2D eigenvalue weighted by atomic mass is 16.5. The number of ether oxygens (including phenoxy) is 1. The molecule has 0 amide bonds. The highest BCUT2D eigenvalue weighted by Gasteiger charge is 2.16. The van der Waals surface area contributed by atoms with Gasteiger partial charge in [0.15, 0.2) is 0 Å². The lowest BCUT2D eigenvalue weighted by Crippen LogP contribution is -2.36. The molecule has 0 aromatic heterocycles. The van der Waals surface area contributed by atoms with Crippen LogP contribution in [0.2, 0.25) is 0 Å². The van der Waals surface area contributed by atoms with Crippen molar-refractivity contribution in [3.63, 3.8) is 0 Å². The first-order valence-corrected chi connectivity index (χ1v) is 6.16. The van der Waals surface area contributed by atoms with Gasteiger partial charge in [0.1, 0.15) is 0 Å². The predicted octanol–water partition coefficient (Wildman–Crippen LogP) is 0.869. The zero-order chi connectivity index (χ0) is 12.0. The summed E-state index contributed by atoms with van der Waals surface area (Å²) in [5.41, 5.74) is 0. The smallest absolute Gasteiger partial charge is 0.320 e. The molecular weight excluding hydrogens is 204 g/mol. The zero-order valence-electron chi connectivity index (χ0n) is 10.7. The molecule has 0 aromatic carbocycles. The number of hydrogen-bond donors (Lipinski definition) is 1. The molecular formula is C12H24N2O2. The van der Waals surface area contributed by atoms with Crippen LogP contribution in [-0.4, -0.2) is 50.2 Å². The monoisotopic (exact) mass is 228 g/mol. The summed E-state index contributed by atoms with van der Waals surface area (Å²) >= 11 is 0. The Kier molecular flexibility index (Phi) is 5.77. The maximum Gasteiger partial charge on any atom is 0.320 e. The molecule has 0 aliphatic carbocycles. The fourth-order valence-corrected chi connectivity index (χ4v) is 1.95. The minimum atomic E-state index is -0.150. The van der Waals surface area contributed by atoms with Crippen LogP contribution in [0.25, 0.3) is 0 Å². The Balaban J connectivity index is 2.04. The van der Waals surface area contributed by atoms with Gasteiger partial charge < -0.3 is 15.0 Å². The van der Waals surface area contributed by atoms with Gasteiger partial charge in [-0.15, -0.1) is 0 Å². The molecule has 1 saturated heterocycles. The van der Waals surface area contributed by atoms with E-state index in [1.54, 1.807) is 0 Å². The average molecular weight is 228 g/mol. The minimum absolute atomic E-state index is 0.0161. The second kappa shape index (κ2) is 6.86. The number of hydrogen-bond acceptors (Lipinski definition) is 4. The summed E-state index contributed by atoms with van der Waals surface area (Å²) in [5, 5.41) is 3.18. The van der Waals surface area contributed by atoms with E-state index in [1.807, 2.05) is 13.8 Å². The number of esters is 1. The van der Waals surface area contributed by atoms with Crippen molar-refractivity contribution < 1.29 is 9.53 Å². The van der Waals surface area contributed by atoms with E-state index >= 15 is 0 Å². The standard InChI is InChI=1S/C12H24N2O2/c1-10(2)16-12(15)9-13-8-11-4-6-14(3)7-5-11/h10-11,13H,4-9H2,1-3H3. The van der Waals surface area contributed by atoms with Crippen LogP contribution >= 0.6 is 0 Å². The van der Waals surface area contributed by atoms with Crippen molar-refractivity contribution in [2.24, 2.45) is 5.92 Å². The summed E-state index contributed by atoms with van der Waals surface area (Å²) in [5.74, 6) is 0.561. The van der Waals surface area contributed by atoms with Crippen molar-refractivity contribution in [1.82, 2.24) is 10.2 Å². The van der Waals surface area contributed by atoms with E-state index in [-0.39, 0.29) is 12.1 Å². The first-order chi connectivity index (χ1) is 7.58. The fourth-order valence-electron chi connectivity index (χ4n) is 1.95. The third-order valence-corrected chi connectivity index (χ3v) is 2.91. The Labute approximate surface area is 98.3 Å². The summed E-state index contributed by atoms with van der Waals surface area (Å²) in [6, 6.07) is 0. The van der Waals surface area contributed by atoms with Crippen LogP contribution in [0.5, 0.6) is 0 Å². The van der Waals surface area contributed by atoms with Gasteiger partial charge in [-0.1, -0.05) is 0 Å². The molecule has 0 spiro atoms. The van der Waals surface area contributed by atoms with Crippen molar-refractivity contribution >= 4 is 5.97 Å². The van der Waals surface area contributed by atoms with Crippen LogP contribution < -0.4 is 5.32 Å². The molecule has 16 heavy (non-hydrogen) atoms. The molecule has 0 unspecified atom stereocenters. The van der Waals surface area contributed by atoms with E-state index < -0.39 is 0 Å². The molecule has 0 saturated carbocycles. The van der Waals surface area contributed by atoms with E-state index in [0.29, 0.717) is 12.5 Å². The first-order valence-electron chi connectivity index (χ1n) is 6.16. The molecule has 1 fully saturated rings. The highest BCUT2D eigenvalue weighted by molar-refractivity contribution is 5.71. The number of carbonyl (C=O) groups excluding carboxylic acids is 1. The van der Waals surface area contributed by atoms with E-state index in [9.17, 15) is 4.79 Å². The molecule has 1 aliphatic rings. The lowest BCUT2D eigenvalue weighted by atomic mass is 9.97. The van der Waals surface area contributed by atoms with Gasteiger partial charge in [-0.25, -0.2) is 0 Å². The molecule has 0 aromatic rings. The molecule has 94 valence electrons. The number of rotatable bonds is 5. The summed E-state index contributed by atoms with van der Waals surface area (Å²) in [6.45, 7) is 7.35. The second-order valence-electron chi connectivity index (χ2n) is 4.92. The maximum absolute atomic E-state index is 11.3. The van der Waals surface area contributed by atoms with E-state index in [4.69, 9.17) is 4.74 Å². The van der Waals surface area contributed by atoms with Crippen LogP contribution in [0.3, 0.4) is 0 Å². The molecule has 1 aliphatic heterocycles. The van der Waals surface area contributed by atoms with Gasteiger partial charge in [0.25, 0.3) is 0 Å². The first kappa shape index (κ1) is 13.5. The molecule has 0 radical (unpaired) electrons. The third-order valence-electron chi connectivity index (χ3n) is 2.91. The molecule has 1 rings (SSSR count). The van der Waals surface area contributed by atoms with Crippen LogP contribution in [0.1, 0.15) is 26.7 Å². The summed E-state index contributed by atoms with van der Waals surface area (Å²) < 4.78 is 5.05. The van der Waals surface area contributed by atoms with E-state index in [2.05, 4.69) is 17.3 Å². The summed E-state index contributed by atoms with van der Waals surface area (Å²) in [7, 11) is 2.16. The second-order valence-corrected chi connectivity index (χ2v) is 4.92. The van der Waals surface area contributed by atoms with Gasteiger partial charge in [-0.2, -0.15) is 0 Å². The predicted molar refractivity (Wildman–Crippen MR) is 64.3 cm³/mol. The third kappa shape index (κ3) is 5.47. The van der Waals surface area contributed by atoms with Gasteiger partial charge in [0.2, 0.25) is 0 Å². The Hall–Kier alpha value is -0.610. The van der Waals surface area contributed by atoms with Crippen LogP contribution in [-0.2, 0) is 9.53 Å². The van der Waals surface area contributed by atoms with Crippen molar-refractivity contribution in [1.29, 1.82) is 0 Å². The summed E-state index contributed by atoms with van der Waals surface area (Å²) in [4.78, 5) is 13.6. The number of piperidine rings is 1. The molecule has 1 heterocycles. The Bertz CT molecular complexity index is 211. The van der Waals surface area contributed by atoms with Gasteiger partial charge in [-0.05, 0) is 59.3 Å². The quantitative estimate of drug-likeness (QED) is 0.709. The Morgan fingerprint density at radius 3 is 2.62 bits per heavy atom.